The second-order valence-electron chi connectivity index (χ2n) is 5.50. The van der Waals surface area contributed by atoms with E-state index in [4.69, 9.17) is 11.6 Å². The van der Waals surface area contributed by atoms with E-state index in [1.54, 1.807) is 0 Å². The molecular weight excluding hydrogens is 324 g/mol. The highest BCUT2D eigenvalue weighted by Crippen LogP contribution is 2.32. The van der Waals surface area contributed by atoms with Crippen molar-refractivity contribution in [3.63, 3.8) is 0 Å². The Kier molecular flexibility index (Phi) is 5.47. The zero-order chi connectivity index (χ0) is 13.8. The molecule has 0 amide bonds. The number of halogens is 2. The van der Waals surface area contributed by atoms with Gasteiger partial charge in [-0.2, -0.15) is 0 Å². The lowest BCUT2D eigenvalue weighted by Crippen LogP contribution is -2.23. The smallest absolute Gasteiger partial charge is 0.140 e. The summed E-state index contributed by atoms with van der Waals surface area (Å²) in [7, 11) is 0. The van der Waals surface area contributed by atoms with Crippen molar-refractivity contribution >= 4 is 33.3 Å². The molecule has 2 rings (SSSR count). The Morgan fingerprint density at radius 2 is 2.00 bits per heavy atom. The van der Waals surface area contributed by atoms with Gasteiger partial charge in [-0.25, -0.2) is 0 Å². The Balaban J connectivity index is 1.94. The Bertz CT molecular complexity index is 450. The number of hydrogen-bond acceptors (Lipinski definition) is 1. The van der Waals surface area contributed by atoms with Gasteiger partial charge >= 0.3 is 0 Å². The Hall–Kier alpha value is -0.340. The van der Waals surface area contributed by atoms with Crippen LogP contribution in [0.4, 0.5) is 0 Å². The van der Waals surface area contributed by atoms with Crippen LogP contribution in [0.5, 0.6) is 0 Å². The number of carbonyl (C=O) groups excluding carboxylic acids is 1. The van der Waals surface area contributed by atoms with E-state index < -0.39 is 0 Å². The van der Waals surface area contributed by atoms with E-state index in [-0.39, 0.29) is 5.92 Å². The number of benzene rings is 1. The first-order valence-electron chi connectivity index (χ1n) is 7.06. The summed E-state index contributed by atoms with van der Waals surface area (Å²) in [6, 6.07) is 5.75. The van der Waals surface area contributed by atoms with Crippen LogP contribution in [0.3, 0.4) is 0 Å². The van der Waals surface area contributed by atoms with Gasteiger partial charge in [0.2, 0.25) is 0 Å². The van der Waals surface area contributed by atoms with Crippen molar-refractivity contribution in [1.82, 2.24) is 0 Å². The quantitative estimate of drug-likeness (QED) is 0.712. The predicted octanol–water partition coefficient (Wildman–Crippen LogP) is 5.43. The monoisotopic (exact) mass is 342 g/mol. The van der Waals surface area contributed by atoms with Gasteiger partial charge in [0.25, 0.3) is 0 Å². The highest BCUT2D eigenvalue weighted by molar-refractivity contribution is 9.10. The van der Waals surface area contributed by atoms with Crippen molar-refractivity contribution in [3.8, 4) is 0 Å². The average Bonchev–Trinajstić information content (AvgIpc) is 2.42. The van der Waals surface area contributed by atoms with Gasteiger partial charge in [0.05, 0.1) is 0 Å². The maximum atomic E-state index is 12.3. The summed E-state index contributed by atoms with van der Waals surface area (Å²) in [5.74, 6) is 1.45. The molecule has 104 valence electrons. The molecule has 3 heteroatoms. The minimum absolute atomic E-state index is 0.252. The Morgan fingerprint density at radius 3 is 2.58 bits per heavy atom. The van der Waals surface area contributed by atoms with Crippen molar-refractivity contribution in [2.75, 3.05) is 0 Å². The zero-order valence-electron chi connectivity index (χ0n) is 11.3. The van der Waals surface area contributed by atoms with Gasteiger partial charge < -0.3 is 0 Å². The molecule has 0 unspecified atom stereocenters. The summed E-state index contributed by atoms with van der Waals surface area (Å²) < 4.78 is 0.956. The highest BCUT2D eigenvalue weighted by atomic mass is 79.9. The molecule has 0 radical (unpaired) electrons. The van der Waals surface area contributed by atoms with E-state index in [1.165, 1.54) is 19.3 Å². The van der Waals surface area contributed by atoms with Gasteiger partial charge in [0.1, 0.15) is 5.78 Å². The van der Waals surface area contributed by atoms with Gasteiger partial charge in [-0.1, -0.05) is 46.9 Å². The Labute approximate surface area is 128 Å². The molecule has 0 saturated heterocycles. The molecule has 0 heterocycles. The lowest BCUT2D eigenvalue weighted by atomic mass is 9.78. The molecule has 1 aromatic rings. The fraction of sp³-hybridized carbons (Fsp3) is 0.562. The summed E-state index contributed by atoms with van der Waals surface area (Å²) in [6.07, 6.45) is 6.27. The van der Waals surface area contributed by atoms with E-state index in [1.807, 2.05) is 18.2 Å². The van der Waals surface area contributed by atoms with Crippen LogP contribution >= 0.6 is 27.5 Å². The molecule has 1 fully saturated rings. The lowest BCUT2D eigenvalue weighted by molar-refractivity contribution is -0.123. The molecule has 0 aromatic heterocycles. The van der Waals surface area contributed by atoms with E-state index in [0.29, 0.717) is 17.2 Å². The maximum absolute atomic E-state index is 12.3. The maximum Gasteiger partial charge on any atom is 0.140 e. The summed E-state index contributed by atoms with van der Waals surface area (Å²) in [5.41, 5.74) is 0.951. The third kappa shape index (κ3) is 4.06. The second-order valence-corrected chi connectivity index (χ2v) is 6.83. The van der Waals surface area contributed by atoms with Gasteiger partial charge in [-0.15, -0.1) is 0 Å². The molecule has 0 atom stereocenters. The average molecular weight is 344 g/mol. The summed E-state index contributed by atoms with van der Waals surface area (Å²) >= 11 is 9.56. The number of rotatable bonds is 4. The van der Waals surface area contributed by atoms with Crippen molar-refractivity contribution < 1.29 is 4.79 Å². The van der Waals surface area contributed by atoms with Gasteiger partial charge in [0.15, 0.2) is 0 Å². The van der Waals surface area contributed by atoms with Crippen molar-refractivity contribution in [3.05, 3.63) is 33.3 Å². The fourth-order valence-electron chi connectivity index (χ4n) is 2.89. The van der Waals surface area contributed by atoms with Gasteiger partial charge in [-0.05, 0) is 49.3 Å². The fourth-order valence-corrected chi connectivity index (χ4v) is 3.63. The van der Waals surface area contributed by atoms with Crippen molar-refractivity contribution in [2.24, 2.45) is 11.8 Å². The number of ketones is 1. The first-order chi connectivity index (χ1) is 9.10. The van der Waals surface area contributed by atoms with Crippen LogP contribution in [-0.2, 0) is 11.2 Å². The second kappa shape index (κ2) is 6.90. The molecule has 1 nitrogen and oxygen atoms in total. The SMILES string of the molecule is CCC1CCC(C(=O)Cc2ccc(Br)cc2Cl)CC1. The van der Waals surface area contributed by atoms with E-state index in [9.17, 15) is 4.79 Å². The zero-order valence-corrected chi connectivity index (χ0v) is 13.6. The summed E-state index contributed by atoms with van der Waals surface area (Å²) in [4.78, 5) is 12.3. The third-order valence-corrected chi connectivity index (χ3v) is 5.10. The van der Waals surface area contributed by atoms with E-state index in [0.717, 1.165) is 28.8 Å². The van der Waals surface area contributed by atoms with Gasteiger partial charge in [0, 0.05) is 21.8 Å². The van der Waals surface area contributed by atoms with E-state index in [2.05, 4.69) is 22.9 Å². The van der Waals surface area contributed by atoms with Crippen LogP contribution in [0.25, 0.3) is 0 Å². The van der Waals surface area contributed by atoms with Crippen molar-refractivity contribution in [2.45, 2.75) is 45.4 Å². The first kappa shape index (κ1) is 15.1. The van der Waals surface area contributed by atoms with Crippen LogP contribution in [0.1, 0.15) is 44.6 Å². The van der Waals surface area contributed by atoms with Crippen LogP contribution in [0.15, 0.2) is 22.7 Å². The van der Waals surface area contributed by atoms with Crippen molar-refractivity contribution in [1.29, 1.82) is 0 Å². The lowest BCUT2D eigenvalue weighted by Gasteiger charge is -2.26. The topological polar surface area (TPSA) is 17.1 Å². The number of Topliss-reactive ketones (excluding diaryl/α,β-unsaturated/α-hetero) is 1. The summed E-state index contributed by atoms with van der Waals surface area (Å²) in [6.45, 7) is 2.24. The minimum atomic E-state index is 0.252. The van der Waals surface area contributed by atoms with Crippen LogP contribution in [-0.4, -0.2) is 5.78 Å². The first-order valence-corrected chi connectivity index (χ1v) is 8.24. The molecule has 0 bridgehead atoms. The molecule has 19 heavy (non-hydrogen) atoms. The van der Waals surface area contributed by atoms with E-state index >= 15 is 0 Å². The van der Waals surface area contributed by atoms with Crippen LogP contribution in [0.2, 0.25) is 5.02 Å². The molecule has 1 aromatic carbocycles. The minimum Gasteiger partial charge on any atom is -0.299 e. The molecular formula is C16H20BrClO. The molecule has 0 N–H and O–H groups in total. The largest absolute Gasteiger partial charge is 0.299 e. The third-order valence-electron chi connectivity index (χ3n) is 4.26. The van der Waals surface area contributed by atoms with Crippen LogP contribution in [0, 0.1) is 11.8 Å². The normalized spacial score (nSPS) is 23.3. The van der Waals surface area contributed by atoms with Crippen LogP contribution < -0.4 is 0 Å². The number of carbonyl (C=O) groups is 1. The Morgan fingerprint density at radius 1 is 1.32 bits per heavy atom. The standard InChI is InChI=1S/C16H20BrClO/c1-2-11-3-5-12(6-4-11)16(19)9-13-7-8-14(17)10-15(13)18/h7-8,10-12H,2-6,9H2,1H3. The molecule has 1 aliphatic carbocycles. The number of hydrogen-bond donors (Lipinski definition) is 0. The van der Waals surface area contributed by atoms with Gasteiger partial charge in [-0.3, -0.25) is 4.79 Å². The predicted molar refractivity (Wildman–Crippen MR) is 83.6 cm³/mol. The molecule has 0 spiro atoms. The molecule has 1 aliphatic rings. The molecule has 1 saturated carbocycles. The highest BCUT2D eigenvalue weighted by Gasteiger charge is 2.25. The molecule has 0 aliphatic heterocycles. The summed E-state index contributed by atoms with van der Waals surface area (Å²) in [5, 5.41) is 0.685.